The summed E-state index contributed by atoms with van der Waals surface area (Å²) in [6, 6.07) is 0. The van der Waals surface area contributed by atoms with Gasteiger partial charge in [-0.15, -0.1) is 0 Å². The second kappa shape index (κ2) is 3.44. The first-order valence-electron chi connectivity index (χ1n) is 3.17. The van der Waals surface area contributed by atoms with Gasteiger partial charge in [-0.25, -0.2) is 0 Å². The van der Waals surface area contributed by atoms with E-state index >= 15 is 0 Å². The maximum absolute atomic E-state index is 9.84. The van der Waals surface area contributed by atoms with Gasteiger partial charge in [-0.2, -0.15) is 0 Å². The number of aldehydes is 1. The maximum atomic E-state index is 9.84. The van der Waals surface area contributed by atoms with Gasteiger partial charge < -0.3 is 4.79 Å². The monoisotopic (exact) mass is 126 g/mol. The minimum absolute atomic E-state index is 0.211. The molecule has 0 aliphatic heterocycles. The third-order valence-electron chi connectivity index (χ3n) is 0.850. The van der Waals surface area contributed by atoms with Gasteiger partial charge in [0.15, 0.2) is 0 Å². The minimum Gasteiger partial charge on any atom is -0.303 e. The zero-order valence-corrected chi connectivity index (χ0v) is 6.35. The number of allylic oxidation sites excluding steroid dienone is 2. The van der Waals surface area contributed by atoms with Crippen LogP contribution >= 0.6 is 0 Å². The molecule has 0 aromatic carbocycles. The van der Waals surface area contributed by atoms with E-state index in [4.69, 9.17) is 0 Å². The van der Waals surface area contributed by atoms with Crippen molar-refractivity contribution in [2.24, 2.45) is 5.41 Å². The lowest BCUT2D eigenvalue weighted by molar-refractivity contribution is -0.107. The molecule has 0 fully saturated rings. The van der Waals surface area contributed by atoms with Crippen LogP contribution in [0.5, 0.6) is 0 Å². The van der Waals surface area contributed by atoms with Crippen molar-refractivity contribution in [3.63, 3.8) is 0 Å². The average Bonchev–Trinajstić information content (AvgIpc) is 1.63. The number of rotatable bonds is 2. The quantitative estimate of drug-likeness (QED) is 0.409. The van der Waals surface area contributed by atoms with Crippen LogP contribution < -0.4 is 0 Å². The summed E-state index contributed by atoms with van der Waals surface area (Å²) in [5.41, 5.74) is 0.211. The predicted octanol–water partition coefficient (Wildman–Crippen LogP) is 2.18. The predicted molar refractivity (Wildman–Crippen MR) is 39.3 cm³/mol. The van der Waals surface area contributed by atoms with E-state index in [1.165, 1.54) is 0 Å². The molecule has 0 spiro atoms. The van der Waals surface area contributed by atoms with Gasteiger partial charge in [0.25, 0.3) is 0 Å². The van der Waals surface area contributed by atoms with Crippen molar-refractivity contribution in [3.05, 3.63) is 12.2 Å². The van der Waals surface area contributed by atoms with E-state index in [0.717, 1.165) is 6.29 Å². The van der Waals surface area contributed by atoms with E-state index < -0.39 is 0 Å². The fourth-order valence-electron chi connectivity index (χ4n) is 0.477. The standard InChI is InChI=1S/C8H14O/c1-8(2,3)6-4-5-7-9/h4,6-7H,5H2,1-3H3/b6-4+. The van der Waals surface area contributed by atoms with Gasteiger partial charge in [0.05, 0.1) is 0 Å². The lowest BCUT2D eigenvalue weighted by Crippen LogP contribution is -1.97. The van der Waals surface area contributed by atoms with Crippen LogP contribution in [0.1, 0.15) is 27.2 Å². The molecule has 9 heavy (non-hydrogen) atoms. The molecule has 0 heterocycles. The highest BCUT2D eigenvalue weighted by Gasteiger charge is 2.01. The van der Waals surface area contributed by atoms with Gasteiger partial charge in [-0.3, -0.25) is 0 Å². The number of hydrogen-bond acceptors (Lipinski definition) is 1. The van der Waals surface area contributed by atoms with Crippen molar-refractivity contribution in [2.75, 3.05) is 0 Å². The first kappa shape index (κ1) is 8.41. The van der Waals surface area contributed by atoms with Crippen LogP contribution in [0.15, 0.2) is 12.2 Å². The van der Waals surface area contributed by atoms with Crippen LogP contribution in [0.25, 0.3) is 0 Å². The van der Waals surface area contributed by atoms with Crippen LogP contribution in [0.3, 0.4) is 0 Å². The summed E-state index contributed by atoms with van der Waals surface area (Å²) in [5, 5.41) is 0. The first-order chi connectivity index (χ1) is 4.06. The molecule has 0 aliphatic rings. The molecule has 0 bridgehead atoms. The molecule has 0 unspecified atom stereocenters. The average molecular weight is 126 g/mol. The fourth-order valence-corrected chi connectivity index (χ4v) is 0.477. The van der Waals surface area contributed by atoms with Crippen LogP contribution in [0.4, 0.5) is 0 Å². The molecule has 1 nitrogen and oxygen atoms in total. The largest absolute Gasteiger partial charge is 0.303 e. The molecule has 52 valence electrons. The summed E-state index contributed by atoms with van der Waals surface area (Å²) < 4.78 is 0. The topological polar surface area (TPSA) is 17.1 Å². The summed E-state index contributed by atoms with van der Waals surface area (Å²) in [6.45, 7) is 6.32. The number of carbonyl (C=O) groups excluding carboxylic acids is 1. The molecule has 1 heteroatoms. The SMILES string of the molecule is CC(C)(C)/C=C/CC=O. The van der Waals surface area contributed by atoms with Crippen molar-refractivity contribution in [2.45, 2.75) is 27.2 Å². The summed E-state index contributed by atoms with van der Waals surface area (Å²) in [6.07, 6.45) is 5.38. The van der Waals surface area contributed by atoms with Crippen molar-refractivity contribution < 1.29 is 4.79 Å². The lowest BCUT2D eigenvalue weighted by Gasteiger charge is -2.09. The lowest BCUT2D eigenvalue weighted by atomic mass is 9.96. The molecule has 0 aromatic rings. The zero-order valence-electron chi connectivity index (χ0n) is 6.35. The third kappa shape index (κ3) is 7.41. The third-order valence-corrected chi connectivity index (χ3v) is 0.850. The molecule has 0 aromatic heterocycles. The van der Waals surface area contributed by atoms with Crippen molar-refractivity contribution in [1.82, 2.24) is 0 Å². The zero-order chi connectivity index (χ0) is 7.33. The van der Waals surface area contributed by atoms with Crippen LogP contribution in [0, 0.1) is 5.41 Å². The Hall–Kier alpha value is -0.590. The van der Waals surface area contributed by atoms with E-state index in [2.05, 4.69) is 20.8 Å². The van der Waals surface area contributed by atoms with Crippen LogP contribution in [0.2, 0.25) is 0 Å². The van der Waals surface area contributed by atoms with Crippen LogP contribution in [-0.4, -0.2) is 6.29 Å². The van der Waals surface area contributed by atoms with Gasteiger partial charge in [-0.1, -0.05) is 32.9 Å². The Balaban J connectivity index is 3.57. The fraction of sp³-hybridized carbons (Fsp3) is 0.625. The Morgan fingerprint density at radius 2 is 1.89 bits per heavy atom. The van der Waals surface area contributed by atoms with E-state index in [-0.39, 0.29) is 5.41 Å². The summed E-state index contributed by atoms with van der Waals surface area (Å²) in [7, 11) is 0. The minimum atomic E-state index is 0.211. The van der Waals surface area contributed by atoms with E-state index in [0.29, 0.717) is 6.42 Å². The van der Waals surface area contributed by atoms with E-state index in [1.54, 1.807) is 0 Å². The van der Waals surface area contributed by atoms with Gasteiger partial charge >= 0.3 is 0 Å². The Bertz CT molecular complexity index is 106. The van der Waals surface area contributed by atoms with Crippen molar-refractivity contribution >= 4 is 6.29 Å². The molecule has 0 atom stereocenters. The highest BCUT2D eigenvalue weighted by atomic mass is 16.1. The summed E-state index contributed by atoms with van der Waals surface area (Å²) >= 11 is 0. The summed E-state index contributed by atoms with van der Waals surface area (Å²) in [5.74, 6) is 0. The molecule has 0 N–H and O–H groups in total. The number of hydrogen-bond donors (Lipinski definition) is 0. The molecule has 0 amide bonds. The molecule has 0 aliphatic carbocycles. The molecular weight excluding hydrogens is 112 g/mol. The Morgan fingerprint density at radius 3 is 2.22 bits per heavy atom. The van der Waals surface area contributed by atoms with Crippen molar-refractivity contribution in [3.8, 4) is 0 Å². The highest BCUT2D eigenvalue weighted by Crippen LogP contribution is 2.14. The second-order valence-corrected chi connectivity index (χ2v) is 3.17. The van der Waals surface area contributed by atoms with Gasteiger partial charge in [0, 0.05) is 6.42 Å². The van der Waals surface area contributed by atoms with Crippen molar-refractivity contribution in [1.29, 1.82) is 0 Å². The first-order valence-corrected chi connectivity index (χ1v) is 3.17. The summed E-state index contributed by atoms with van der Waals surface area (Å²) in [4.78, 5) is 9.84. The van der Waals surface area contributed by atoms with Gasteiger partial charge in [0.2, 0.25) is 0 Å². The molecule has 0 saturated heterocycles. The van der Waals surface area contributed by atoms with E-state index in [1.807, 2.05) is 12.2 Å². The number of carbonyl (C=O) groups is 1. The highest BCUT2D eigenvalue weighted by molar-refractivity contribution is 5.51. The Kier molecular flexibility index (Phi) is 3.21. The molecule has 0 saturated carbocycles. The van der Waals surface area contributed by atoms with E-state index in [9.17, 15) is 4.79 Å². The van der Waals surface area contributed by atoms with Gasteiger partial charge in [-0.05, 0) is 5.41 Å². The second-order valence-electron chi connectivity index (χ2n) is 3.17. The molecule has 0 rings (SSSR count). The normalized spacial score (nSPS) is 12.3. The maximum Gasteiger partial charge on any atom is 0.123 e. The smallest absolute Gasteiger partial charge is 0.123 e. The van der Waals surface area contributed by atoms with Gasteiger partial charge in [0.1, 0.15) is 6.29 Å². The Labute approximate surface area is 56.8 Å². The molecule has 0 radical (unpaired) electrons. The van der Waals surface area contributed by atoms with Crippen LogP contribution in [-0.2, 0) is 4.79 Å². The molecular formula is C8H14O. The Morgan fingerprint density at radius 1 is 1.33 bits per heavy atom.